The van der Waals surface area contributed by atoms with E-state index in [4.69, 9.17) is 16.3 Å². The highest BCUT2D eigenvalue weighted by atomic mass is 35.5. The van der Waals surface area contributed by atoms with Gasteiger partial charge < -0.3 is 9.30 Å². The molecule has 0 radical (unpaired) electrons. The number of halogens is 1. The quantitative estimate of drug-likeness (QED) is 0.792. The minimum atomic E-state index is 0.304. The fourth-order valence-electron chi connectivity index (χ4n) is 1.99. The predicted octanol–water partition coefficient (Wildman–Crippen LogP) is 3.10. The Morgan fingerprint density at radius 3 is 2.83 bits per heavy atom. The summed E-state index contributed by atoms with van der Waals surface area (Å²) in [5, 5.41) is 0. The van der Waals surface area contributed by atoms with Gasteiger partial charge in [0.2, 0.25) is 5.88 Å². The van der Waals surface area contributed by atoms with Gasteiger partial charge in [0.1, 0.15) is 11.3 Å². The van der Waals surface area contributed by atoms with Gasteiger partial charge >= 0.3 is 0 Å². The first-order valence-corrected chi connectivity index (χ1v) is 7.60. The van der Waals surface area contributed by atoms with E-state index in [0.717, 1.165) is 22.7 Å². The number of rotatable bonds is 5. The summed E-state index contributed by atoms with van der Waals surface area (Å²) in [5.74, 6) is 2.83. The highest BCUT2D eigenvalue weighted by molar-refractivity contribution is 7.98. The van der Waals surface area contributed by atoms with Gasteiger partial charge in [-0.15, -0.1) is 11.6 Å². The zero-order valence-electron chi connectivity index (χ0n) is 10.7. The van der Waals surface area contributed by atoms with Crippen LogP contribution in [0.5, 0.6) is 5.88 Å². The molecule has 2 aromatic heterocycles. The smallest absolute Gasteiger partial charge is 0.215 e. The van der Waals surface area contributed by atoms with Crippen LogP contribution in [0.4, 0.5) is 0 Å². The van der Waals surface area contributed by atoms with Crippen molar-refractivity contribution >= 4 is 34.5 Å². The van der Waals surface area contributed by atoms with E-state index >= 15 is 0 Å². The maximum absolute atomic E-state index is 5.97. The third-order valence-electron chi connectivity index (χ3n) is 2.76. The zero-order chi connectivity index (χ0) is 13.1. The van der Waals surface area contributed by atoms with Crippen LogP contribution in [-0.4, -0.2) is 33.7 Å². The molecule has 4 nitrogen and oxygen atoms in total. The third kappa shape index (κ3) is 2.42. The normalized spacial score (nSPS) is 12.9. The predicted molar refractivity (Wildman–Crippen MR) is 76.7 cm³/mol. The molecule has 2 rings (SSSR count). The summed E-state index contributed by atoms with van der Waals surface area (Å²) in [6, 6.07) is 4.04. The summed E-state index contributed by atoms with van der Waals surface area (Å²) in [6.45, 7) is 2.15. The molecule has 0 bridgehead atoms. The van der Waals surface area contributed by atoms with Crippen molar-refractivity contribution in [3.63, 3.8) is 0 Å². The Kier molecular flexibility index (Phi) is 4.35. The molecule has 0 aliphatic carbocycles. The van der Waals surface area contributed by atoms with Crippen LogP contribution >= 0.6 is 23.4 Å². The maximum atomic E-state index is 5.97. The lowest BCUT2D eigenvalue weighted by Crippen LogP contribution is -2.11. The number of ether oxygens (including phenoxy) is 1. The second-order valence-electron chi connectivity index (χ2n) is 4.03. The lowest BCUT2D eigenvalue weighted by Gasteiger charge is -2.15. The highest BCUT2D eigenvalue weighted by Gasteiger charge is 2.16. The van der Waals surface area contributed by atoms with Gasteiger partial charge in [-0.2, -0.15) is 16.7 Å². The van der Waals surface area contributed by atoms with E-state index in [1.807, 2.05) is 12.1 Å². The van der Waals surface area contributed by atoms with Crippen molar-refractivity contribution in [1.29, 1.82) is 0 Å². The Labute approximate surface area is 116 Å². The molecule has 0 saturated heterocycles. The molecule has 2 aromatic rings. The molecule has 0 spiro atoms. The van der Waals surface area contributed by atoms with Crippen molar-refractivity contribution < 1.29 is 4.74 Å². The van der Waals surface area contributed by atoms with Crippen molar-refractivity contribution in [2.45, 2.75) is 18.8 Å². The van der Waals surface area contributed by atoms with Crippen LogP contribution in [0, 0.1) is 0 Å². The molecular weight excluding hydrogens is 270 g/mol. The SMILES string of the molecule is COc1ccc2nc(CCl)n(C(C)CSC)c2n1. The molecule has 98 valence electrons. The molecule has 18 heavy (non-hydrogen) atoms. The number of aromatic nitrogens is 3. The van der Waals surface area contributed by atoms with Gasteiger partial charge in [-0.3, -0.25) is 0 Å². The fourth-order valence-corrected chi connectivity index (χ4v) is 2.81. The van der Waals surface area contributed by atoms with Gasteiger partial charge in [-0.05, 0) is 19.2 Å². The van der Waals surface area contributed by atoms with E-state index in [2.05, 4.69) is 27.7 Å². The van der Waals surface area contributed by atoms with Crippen LogP contribution in [0.3, 0.4) is 0 Å². The molecule has 0 aliphatic rings. The number of methoxy groups -OCH3 is 1. The van der Waals surface area contributed by atoms with E-state index in [1.165, 1.54) is 0 Å². The summed E-state index contributed by atoms with van der Waals surface area (Å²) >= 11 is 7.77. The molecule has 1 unspecified atom stereocenters. The second-order valence-corrected chi connectivity index (χ2v) is 5.21. The minimum absolute atomic E-state index is 0.304. The molecule has 6 heteroatoms. The molecule has 1 atom stereocenters. The molecular formula is C12H16ClN3OS. The Morgan fingerprint density at radius 1 is 1.44 bits per heavy atom. The van der Waals surface area contributed by atoms with Crippen LogP contribution in [0.1, 0.15) is 18.8 Å². The monoisotopic (exact) mass is 285 g/mol. The van der Waals surface area contributed by atoms with E-state index in [1.54, 1.807) is 18.9 Å². The molecule has 0 saturated carbocycles. The second kappa shape index (κ2) is 5.80. The first kappa shape index (κ1) is 13.5. The molecule has 0 aliphatic heterocycles. The number of nitrogens with zero attached hydrogens (tertiary/aromatic N) is 3. The summed E-state index contributed by atoms with van der Waals surface area (Å²) < 4.78 is 7.27. The lowest BCUT2D eigenvalue weighted by molar-refractivity contribution is 0.398. The van der Waals surface area contributed by atoms with Crippen molar-refractivity contribution in [3.05, 3.63) is 18.0 Å². The van der Waals surface area contributed by atoms with Gasteiger partial charge in [0.05, 0.1) is 13.0 Å². The number of imidazole rings is 1. The minimum Gasteiger partial charge on any atom is -0.481 e. The number of hydrogen-bond acceptors (Lipinski definition) is 4. The van der Waals surface area contributed by atoms with Crippen molar-refractivity contribution in [3.8, 4) is 5.88 Å². The summed E-state index contributed by atoms with van der Waals surface area (Å²) in [6.07, 6.45) is 2.09. The van der Waals surface area contributed by atoms with E-state index in [9.17, 15) is 0 Å². The number of thioether (sulfide) groups is 1. The Hall–Kier alpha value is -0.940. The largest absolute Gasteiger partial charge is 0.481 e. The number of pyridine rings is 1. The van der Waals surface area contributed by atoms with Crippen LogP contribution in [0.25, 0.3) is 11.2 Å². The molecule has 2 heterocycles. The number of alkyl halides is 1. The standard InChI is InChI=1S/C12H16ClN3OS/c1-8(7-18-3)16-10(6-13)14-9-4-5-11(17-2)15-12(9)16/h4-5,8H,6-7H2,1-3H3. The average molecular weight is 286 g/mol. The Bertz CT molecular complexity index is 543. The number of fused-ring (bicyclic) bond motifs is 1. The van der Waals surface area contributed by atoms with Gasteiger partial charge in [0.25, 0.3) is 0 Å². The van der Waals surface area contributed by atoms with Crippen molar-refractivity contribution in [1.82, 2.24) is 14.5 Å². The first-order valence-electron chi connectivity index (χ1n) is 5.68. The topological polar surface area (TPSA) is 39.9 Å². The van der Waals surface area contributed by atoms with Crippen molar-refractivity contribution in [2.75, 3.05) is 19.1 Å². The van der Waals surface area contributed by atoms with Gasteiger partial charge in [0.15, 0.2) is 5.65 Å². The Morgan fingerprint density at radius 2 is 2.22 bits per heavy atom. The number of hydrogen-bond donors (Lipinski definition) is 0. The van der Waals surface area contributed by atoms with Crippen LogP contribution in [0.15, 0.2) is 12.1 Å². The van der Waals surface area contributed by atoms with Crippen LogP contribution in [0.2, 0.25) is 0 Å². The molecule has 0 fully saturated rings. The third-order valence-corrected chi connectivity index (χ3v) is 3.82. The van der Waals surface area contributed by atoms with E-state index in [0.29, 0.717) is 17.8 Å². The van der Waals surface area contributed by atoms with Gasteiger partial charge in [-0.25, -0.2) is 4.98 Å². The molecule has 0 aromatic carbocycles. The van der Waals surface area contributed by atoms with E-state index < -0.39 is 0 Å². The Balaban J connectivity index is 2.58. The molecule has 0 N–H and O–H groups in total. The summed E-state index contributed by atoms with van der Waals surface area (Å²) in [5.41, 5.74) is 1.70. The van der Waals surface area contributed by atoms with Crippen molar-refractivity contribution in [2.24, 2.45) is 0 Å². The van der Waals surface area contributed by atoms with E-state index in [-0.39, 0.29) is 0 Å². The first-order chi connectivity index (χ1) is 8.71. The average Bonchev–Trinajstić information content (AvgIpc) is 2.76. The highest BCUT2D eigenvalue weighted by Crippen LogP contribution is 2.24. The van der Waals surface area contributed by atoms with Crippen LogP contribution < -0.4 is 4.74 Å². The van der Waals surface area contributed by atoms with Gasteiger partial charge in [-0.1, -0.05) is 0 Å². The molecule has 0 amide bonds. The summed E-state index contributed by atoms with van der Waals surface area (Å²) in [7, 11) is 1.61. The maximum Gasteiger partial charge on any atom is 0.215 e. The summed E-state index contributed by atoms with van der Waals surface area (Å²) in [4.78, 5) is 8.99. The lowest BCUT2D eigenvalue weighted by atomic mass is 10.3. The zero-order valence-corrected chi connectivity index (χ0v) is 12.3. The van der Waals surface area contributed by atoms with Gasteiger partial charge in [0, 0.05) is 17.9 Å². The fraction of sp³-hybridized carbons (Fsp3) is 0.500. The van der Waals surface area contributed by atoms with Crippen LogP contribution in [-0.2, 0) is 5.88 Å².